The normalized spacial score (nSPS) is 28.3. The largest absolute Gasteiger partial charge is 0.330 e. The SMILES string of the molecule is CCC1CCC(CN)(Cc2ccccc2Br)CC1. The zero-order valence-electron chi connectivity index (χ0n) is 11.3. The standard InChI is InChI=1S/C16H24BrN/c1-2-13-7-9-16(12-18,10-8-13)11-14-5-3-4-6-15(14)17/h3-6,13H,2,7-12,18H2,1H3. The summed E-state index contributed by atoms with van der Waals surface area (Å²) in [5, 5.41) is 0. The fourth-order valence-electron chi connectivity index (χ4n) is 3.20. The fraction of sp³-hybridized carbons (Fsp3) is 0.625. The van der Waals surface area contributed by atoms with Gasteiger partial charge < -0.3 is 5.73 Å². The van der Waals surface area contributed by atoms with E-state index in [1.54, 1.807) is 0 Å². The van der Waals surface area contributed by atoms with E-state index in [1.165, 1.54) is 42.1 Å². The molecular formula is C16H24BrN. The number of hydrogen-bond donors (Lipinski definition) is 1. The maximum Gasteiger partial charge on any atom is 0.0207 e. The summed E-state index contributed by atoms with van der Waals surface area (Å²) in [5.41, 5.74) is 7.87. The van der Waals surface area contributed by atoms with Crippen molar-refractivity contribution in [1.82, 2.24) is 0 Å². The van der Waals surface area contributed by atoms with Crippen molar-refractivity contribution in [2.75, 3.05) is 6.54 Å². The molecule has 0 spiro atoms. The van der Waals surface area contributed by atoms with E-state index in [9.17, 15) is 0 Å². The highest BCUT2D eigenvalue weighted by Gasteiger charge is 2.34. The molecule has 2 rings (SSSR count). The van der Waals surface area contributed by atoms with E-state index >= 15 is 0 Å². The van der Waals surface area contributed by atoms with Gasteiger partial charge in [0.1, 0.15) is 0 Å². The average molecular weight is 310 g/mol. The first-order valence-corrected chi connectivity index (χ1v) is 7.92. The lowest BCUT2D eigenvalue weighted by Gasteiger charge is -2.39. The molecule has 1 aliphatic rings. The minimum atomic E-state index is 0.343. The molecule has 1 nitrogen and oxygen atoms in total. The van der Waals surface area contributed by atoms with Crippen LogP contribution in [-0.2, 0) is 6.42 Å². The Bertz CT molecular complexity index is 380. The second kappa shape index (κ2) is 6.21. The Labute approximate surface area is 119 Å². The van der Waals surface area contributed by atoms with Crippen LogP contribution in [0.15, 0.2) is 28.7 Å². The first kappa shape index (κ1) is 14.1. The van der Waals surface area contributed by atoms with Crippen LogP contribution in [0.4, 0.5) is 0 Å². The molecule has 2 N–H and O–H groups in total. The molecule has 2 heteroatoms. The molecule has 1 aliphatic carbocycles. The van der Waals surface area contributed by atoms with Gasteiger partial charge in [-0.2, -0.15) is 0 Å². The van der Waals surface area contributed by atoms with Crippen LogP contribution in [0.25, 0.3) is 0 Å². The Morgan fingerprint density at radius 3 is 2.50 bits per heavy atom. The van der Waals surface area contributed by atoms with Gasteiger partial charge in [-0.05, 0) is 61.6 Å². The van der Waals surface area contributed by atoms with Gasteiger partial charge in [0.05, 0.1) is 0 Å². The van der Waals surface area contributed by atoms with Crippen molar-refractivity contribution < 1.29 is 0 Å². The van der Waals surface area contributed by atoms with Crippen molar-refractivity contribution in [3.63, 3.8) is 0 Å². The van der Waals surface area contributed by atoms with Crippen LogP contribution in [0.3, 0.4) is 0 Å². The fourth-order valence-corrected chi connectivity index (χ4v) is 3.62. The van der Waals surface area contributed by atoms with Crippen molar-refractivity contribution in [3.8, 4) is 0 Å². The van der Waals surface area contributed by atoms with E-state index in [1.807, 2.05) is 0 Å². The summed E-state index contributed by atoms with van der Waals surface area (Å²) in [6.07, 6.45) is 7.76. The van der Waals surface area contributed by atoms with Gasteiger partial charge in [0, 0.05) is 4.47 Å². The predicted octanol–water partition coefficient (Wildman–Crippen LogP) is 4.54. The summed E-state index contributed by atoms with van der Waals surface area (Å²) in [4.78, 5) is 0. The van der Waals surface area contributed by atoms with Gasteiger partial charge in [0.25, 0.3) is 0 Å². The first-order chi connectivity index (χ1) is 8.69. The lowest BCUT2D eigenvalue weighted by atomic mass is 9.67. The molecule has 0 unspecified atom stereocenters. The molecule has 0 saturated heterocycles. The van der Waals surface area contributed by atoms with Crippen LogP contribution in [0.2, 0.25) is 0 Å². The molecule has 1 aromatic carbocycles. The molecular weight excluding hydrogens is 286 g/mol. The Hall–Kier alpha value is -0.340. The molecule has 0 heterocycles. The van der Waals surface area contributed by atoms with Gasteiger partial charge in [-0.25, -0.2) is 0 Å². The Kier molecular flexibility index (Phi) is 4.85. The van der Waals surface area contributed by atoms with Crippen molar-refractivity contribution in [3.05, 3.63) is 34.3 Å². The highest BCUT2D eigenvalue weighted by molar-refractivity contribution is 9.10. The van der Waals surface area contributed by atoms with Gasteiger partial charge in [-0.15, -0.1) is 0 Å². The number of benzene rings is 1. The van der Waals surface area contributed by atoms with Gasteiger partial charge in [-0.3, -0.25) is 0 Å². The van der Waals surface area contributed by atoms with E-state index in [0.29, 0.717) is 5.41 Å². The number of rotatable bonds is 4. The Morgan fingerprint density at radius 2 is 1.94 bits per heavy atom. The van der Waals surface area contributed by atoms with E-state index in [0.717, 1.165) is 18.9 Å². The molecule has 0 aliphatic heterocycles. The molecule has 0 bridgehead atoms. The molecule has 100 valence electrons. The second-order valence-electron chi connectivity index (χ2n) is 5.82. The molecule has 0 amide bonds. The zero-order chi connectivity index (χ0) is 13.0. The van der Waals surface area contributed by atoms with Gasteiger partial charge in [0.15, 0.2) is 0 Å². The summed E-state index contributed by atoms with van der Waals surface area (Å²) in [7, 11) is 0. The van der Waals surface area contributed by atoms with Crippen LogP contribution >= 0.6 is 15.9 Å². The quantitative estimate of drug-likeness (QED) is 0.868. The van der Waals surface area contributed by atoms with Gasteiger partial charge in [-0.1, -0.05) is 47.5 Å². The summed E-state index contributed by atoms with van der Waals surface area (Å²) in [5.74, 6) is 0.934. The third kappa shape index (κ3) is 3.16. The Balaban J connectivity index is 2.08. The summed E-state index contributed by atoms with van der Waals surface area (Å²) in [6, 6.07) is 8.57. The summed E-state index contributed by atoms with van der Waals surface area (Å²) >= 11 is 3.66. The van der Waals surface area contributed by atoms with Crippen LogP contribution in [-0.4, -0.2) is 6.54 Å². The van der Waals surface area contributed by atoms with E-state index < -0.39 is 0 Å². The van der Waals surface area contributed by atoms with E-state index in [4.69, 9.17) is 5.73 Å². The monoisotopic (exact) mass is 309 g/mol. The number of nitrogens with two attached hydrogens (primary N) is 1. The smallest absolute Gasteiger partial charge is 0.0207 e. The third-order valence-corrected chi connectivity index (χ3v) is 5.47. The van der Waals surface area contributed by atoms with Crippen molar-refractivity contribution >= 4 is 15.9 Å². The topological polar surface area (TPSA) is 26.0 Å². The lowest BCUT2D eigenvalue weighted by molar-refractivity contribution is 0.153. The van der Waals surface area contributed by atoms with Crippen LogP contribution in [0, 0.1) is 11.3 Å². The molecule has 18 heavy (non-hydrogen) atoms. The van der Waals surface area contributed by atoms with Crippen molar-refractivity contribution in [1.29, 1.82) is 0 Å². The summed E-state index contributed by atoms with van der Waals surface area (Å²) in [6.45, 7) is 3.14. The highest BCUT2D eigenvalue weighted by atomic mass is 79.9. The molecule has 0 aromatic heterocycles. The maximum absolute atomic E-state index is 6.11. The average Bonchev–Trinajstić information content (AvgIpc) is 2.42. The number of hydrogen-bond acceptors (Lipinski definition) is 1. The van der Waals surface area contributed by atoms with Crippen LogP contribution < -0.4 is 5.73 Å². The minimum absolute atomic E-state index is 0.343. The minimum Gasteiger partial charge on any atom is -0.330 e. The molecule has 1 fully saturated rings. The maximum atomic E-state index is 6.11. The molecule has 0 atom stereocenters. The predicted molar refractivity (Wildman–Crippen MR) is 81.6 cm³/mol. The second-order valence-corrected chi connectivity index (χ2v) is 6.68. The first-order valence-electron chi connectivity index (χ1n) is 7.12. The highest BCUT2D eigenvalue weighted by Crippen LogP contribution is 2.42. The van der Waals surface area contributed by atoms with Gasteiger partial charge >= 0.3 is 0 Å². The van der Waals surface area contributed by atoms with E-state index in [2.05, 4.69) is 47.1 Å². The van der Waals surface area contributed by atoms with Crippen LogP contribution in [0.1, 0.15) is 44.6 Å². The summed E-state index contributed by atoms with van der Waals surface area (Å²) < 4.78 is 1.23. The van der Waals surface area contributed by atoms with Crippen LogP contribution in [0.5, 0.6) is 0 Å². The zero-order valence-corrected chi connectivity index (χ0v) is 12.9. The lowest BCUT2D eigenvalue weighted by Crippen LogP contribution is -2.36. The van der Waals surface area contributed by atoms with Gasteiger partial charge in [0.2, 0.25) is 0 Å². The van der Waals surface area contributed by atoms with Crippen molar-refractivity contribution in [2.45, 2.75) is 45.4 Å². The molecule has 0 radical (unpaired) electrons. The molecule has 1 saturated carbocycles. The number of halogens is 1. The third-order valence-electron chi connectivity index (χ3n) is 4.70. The van der Waals surface area contributed by atoms with Crippen molar-refractivity contribution in [2.24, 2.45) is 17.1 Å². The van der Waals surface area contributed by atoms with E-state index in [-0.39, 0.29) is 0 Å². The molecule has 1 aromatic rings. The Morgan fingerprint density at radius 1 is 1.28 bits per heavy atom.